The number of nitrogens with zero attached hydrogens (tertiary/aromatic N) is 1. The topological polar surface area (TPSA) is 49.4 Å². The average molecular weight is 264 g/mol. The second-order valence-corrected chi connectivity index (χ2v) is 6.52. The van der Waals surface area contributed by atoms with Gasteiger partial charge in [-0.1, -0.05) is 12.8 Å². The first-order chi connectivity index (χ1) is 9.21. The molecule has 3 fully saturated rings. The van der Waals surface area contributed by atoms with E-state index in [-0.39, 0.29) is 17.2 Å². The number of hydrogen-bond donors (Lipinski definition) is 1. The number of likely N-dealkylation sites (tertiary alicyclic amines) is 1. The van der Waals surface area contributed by atoms with Crippen LogP contribution in [0.2, 0.25) is 0 Å². The molecule has 3 aliphatic rings. The van der Waals surface area contributed by atoms with Crippen molar-refractivity contribution in [3.8, 4) is 0 Å². The number of piperidine rings is 1. The lowest BCUT2D eigenvalue weighted by atomic mass is 9.84. The molecule has 2 aliphatic heterocycles. The Labute approximate surface area is 114 Å². The molecule has 2 heterocycles. The molecule has 1 atom stereocenters. The van der Waals surface area contributed by atoms with Gasteiger partial charge in [0.2, 0.25) is 11.8 Å². The van der Waals surface area contributed by atoms with Crippen LogP contribution < -0.4 is 5.32 Å². The van der Waals surface area contributed by atoms with E-state index in [0.717, 1.165) is 45.2 Å². The molecule has 3 rings (SSSR count). The minimum atomic E-state index is -0.290. The highest BCUT2D eigenvalue weighted by atomic mass is 16.2. The molecule has 106 valence electrons. The Bertz CT molecular complexity index is 368. The van der Waals surface area contributed by atoms with Crippen LogP contribution in [0.3, 0.4) is 0 Å². The Hall–Kier alpha value is -0.900. The van der Waals surface area contributed by atoms with Gasteiger partial charge < -0.3 is 5.32 Å². The molecule has 2 saturated heterocycles. The maximum atomic E-state index is 12.5. The molecule has 0 aromatic heterocycles. The molecule has 1 unspecified atom stereocenters. The van der Waals surface area contributed by atoms with Crippen molar-refractivity contribution in [3.63, 3.8) is 0 Å². The first-order valence-electron chi connectivity index (χ1n) is 7.77. The van der Waals surface area contributed by atoms with E-state index < -0.39 is 0 Å². The third kappa shape index (κ3) is 2.42. The number of hydrogen-bond acceptors (Lipinski definition) is 3. The van der Waals surface area contributed by atoms with Crippen LogP contribution in [-0.2, 0) is 9.59 Å². The van der Waals surface area contributed by atoms with Gasteiger partial charge in [0.25, 0.3) is 0 Å². The average Bonchev–Trinajstić information content (AvgIpc) is 2.97. The molecular formula is C15H24N2O2. The summed E-state index contributed by atoms with van der Waals surface area (Å²) in [4.78, 5) is 26.2. The van der Waals surface area contributed by atoms with E-state index in [1.807, 2.05) is 0 Å². The number of imide groups is 1. The van der Waals surface area contributed by atoms with Gasteiger partial charge in [-0.05, 0) is 51.1 Å². The van der Waals surface area contributed by atoms with Gasteiger partial charge in [-0.2, -0.15) is 0 Å². The molecule has 0 radical (unpaired) electrons. The van der Waals surface area contributed by atoms with Crippen LogP contribution in [0, 0.1) is 11.3 Å². The summed E-state index contributed by atoms with van der Waals surface area (Å²) in [7, 11) is 0. The van der Waals surface area contributed by atoms with Crippen molar-refractivity contribution in [2.45, 2.75) is 51.4 Å². The van der Waals surface area contributed by atoms with Gasteiger partial charge in [0.05, 0.1) is 5.41 Å². The molecule has 4 heteroatoms. The van der Waals surface area contributed by atoms with Crippen LogP contribution in [0.1, 0.15) is 51.4 Å². The monoisotopic (exact) mass is 264 g/mol. The summed E-state index contributed by atoms with van der Waals surface area (Å²) in [6.45, 7) is 2.80. The van der Waals surface area contributed by atoms with Crippen molar-refractivity contribution in [3.05, 3.63) is 0 Å². The maximum Gasteiger partial charge on any atom is 0.235 e. The zero-order valence-electron chi connectivity index (χ0n) is 11.6. The van der Waals surface area contributed by atoms with E-state index in [2.05, 4.69) is 5.32 Å². The third-order valence-corrected chi connectivity index (χ3v) is 5.21. The fraction of sp³-hybridized carbons (Fsp3) is 0.867. The number of rotatable bonds is 3. The summed E-state index contributed by atoms with van der Waals surface area (Å²) in [6.07, 6.45) is 7.98. The predicted octanol–water partition coefficient (Wildman–Crippen LogP) is 1.70. The van der Waals surface area contributed by atoms with Crippen LogP contribution in [0.25, 0.3) is 0 Å². The Kier molecular flexibility index (Phi) is 3.61. The normalized spacial score (nSPS) is 30.5. The van der Waals surface area contributed by atoms with E-state index in [4.69, 9.17) is 0 Å². The molecule has 0 bridgehead atoms. The molecule has 4 nitrogen and oxygen atoms in total. The zero-order valence-corrected chi connectivity index (χ0v) is 11.6. The van der Waals surface area contributed by atoms with Gasteiger partial charge in [0.1, 0.15) is 0 Å². The fourth-order valence-electron chi connectivity index (χ4n) is 4.01. The summed E-state index contributed by atoms with van der Waals surface area (Å²) >= 11 is 0. The van der Waals surface area contributed by atoms with Gasteiger partial charge in [-0.15, -0.1) is 0 Å². The van der Waals surface area contributed by atoms with Gasteiger partial charge in [-0.25, -0.2) is 0 Å². The van der Waals surface area contributed by atoms with E-state index in [1.165, 1.54) is 12.8 Å². The van der Waals surface area contributed by atoms with Crippen molar-refractivity contribution in [2.75, 3.05) is 19.6 Å². The van der Waals surface area contributed by atoms with Crippen molar-refractivity contribution in [1.82, 2.24) is 10.2 Å². The molecule has 0 aromatic rings. The number of nitrogens with one attached hydrogen (secondary N) is 1. The Morgan fingerprint density at radius 1 is 1.21 bits per heavy atom. The summed E-state index contributed by atoms with van der Waals surface area (Å²) in [5.74, 6) is 0.851. The predicted molar refractivity (Wildman–Crippen MR) is 72.4 cm³/mol. The Morgan fingerprint density at radius 2 is 2.00 bits per heavy atom. The third-order valence-electron chi connectivity index (χ3n) is 5.21. The van der Waals surface area contributed by atoms with Gasteiger partial charge in [-0.3, -0.25) is 14.5 Å². The fourth-order valence-corrected chi connectivity index (χ4v) is 4.01. The lowest BCUT2D eigenvalue weighted by molar-refractivity contribution is -0.141. The first-order valence-corrected chi connectivity index (χ1v) is 7.77. The number of amides is 2. The van der Waals surface area contributed by atoms with E-state index in [1.54, 1.807) is 4.90 Å². The molecule has 1 spiro atoms. The molecule has 19 heavy (non-hydrogen) atoms. The Morgan fingerprint density at radius 3 is 2.68 bits per heavy atom. The van der Waals surface area contributed by atoms with Crippen LogP contribution >= 0.6 is 0 Å². The SMILES string of the molecule is O=C1CC2(CCCC2)C(=O)N1CCC1CCCNC1. The van der Waals surface area contributed by atoms with Crippen LogP contribution in [0.4, 0.5) is 0 Å². The first kappa shape index (κ1) is 13.1. The highest BCUT2D eigenvalue weighted by Crippen LogP contribution is 2.46. The lowest BCUT2D eigenvalue weighted by Crippen LogP contribution is -2.37. The van der Waals surface area contributed by atoms with E-state index in [0.29, 0.717) is 18.9 Å². The van der Waals surface area contributed by atoms with E-state index in [9.17, 15) is 9.59 Å². The zero-order chi connectivity index (χ0) is 13.3. The largest absolute Gasteiger partial charge is 0.316 e. The summed E-state index contributed by atoms with van der Waals surface area (Å²) in [6, 6.07) is 0. The van der Waals surface area contributed by atoms with Gasteiger partial charge in [0, 0.05) is 13.0 Å². The van der Waals surface area contributed by atoms with Crippen LogP contribution in [-0.4, -0.2) is 36.3 Å². The van der Waals surface area contributed by atoms with Crippen molar-refractivity contribution >= 4 is 11.8 Å². The van der Waals surface area contributed by atoms with Gasteiger partial charge in [0.15, 0.2) is 0 Å². The molecule has 1 aliphatic carbocycles. The molecule has 1 N–H and O–H groups in total. The smallest absolute Gasteiger partial charge is 0.235 e. The molecule has 1 saturated carbocycles. The van der Waals surface area contributed by atoms with E-state index >= 15 is 0 Å². The maximum absolute atomic E-state index is 12.5. The summed E-state index contributed by atoms with van der Waals surface area (Å²) in [5.41, 5.74) is -0.290. The standard InChI is InChI=1S/C15H24N2O2/c18-13-10-15(6-1-2-7-15)14(19)17(13)9-5-12-4-3-8-16-11-12/h12,16H,1-11H2. The van der Waals surface area contributed by atoms with Crippen molar-refractivity contribution in [2.24, 2.45) is 11.3 Å². The van der Waals surface area contributed by atoms with Crippen LogP contribution in [0.5, 0.6) is 0 Å². The molecular weight excluding hydrogens is 240 g/mol. The van der Waals surface area contributed by atoms with Crippen molar-refractivity contribution < 1.29 is 9.59 Å². The lowest BCUT2D eigenvalue weighted by Gasteiger charge is -2.25. The minimum absolute atomic E-state index is 0.0793. The molecule has 0 aromatic carbocycles. The molecule has 2 amide bonds. The quantitative estimate of drug-likeness (QED) is 0.789. The second kappa shape index (κ2) is 5.23. The van der Waals surface area contributed by atoms with Crippen LogP contribution in [0.15, 0.2) is 0 Å². The summed E-state index contributed by atoms with van der Waals surface area (Å²) in [5, 5.41) is 3.39. The highest BCUT2D eigenvalue weighted by Gasteiger charge is 2.52. The van der Waals surface area contributed by atoms with Crippen molar-refractivity contribution in [1.29, 1.82) is 0 Å². The summed E-state index contributed by atoms with van der Waals surface area (Å²) < 4.78 is 0. The highest BCUT2D eigenvalue weighted by molar-refractivity contribution is 6.06. The van der Waals surface area contributed by atoms with Gasteiger partial charge >= 0.3 is 0 Å². The number of carbonyl (C=O) groups excluding carboxylic acids is 2. The Balaban J connectivity index is 1.58. The second-order valence-electron chi connectivity index (χ2n) is 6.52. The minimum Gasteiger partial charge on any atom is -0.316 e. The number of carbonyl (C=O) groups is 2.